The summed E-state index contributed by atoms with van der Waals surface area (Å²) in [7, 11) is 0. The van der Waals surface area contributed by atoms with Crippen LogP contribution in [0.25, 0.3) is 0 Å². The maximum absolute atomic E-state index is 10.3. The Labute approximate surface area is 50.3 Å². The van der Waals surface area contributed by atoms with E-state index in [1.165, 1.54) is 0 Å². The van der Waals surface area contributed by atoms with Crippen molar-refractivity contribution in [3.63, 3.8) is 0 Å². The molecule has 5 nitrogen and oxygen atoms in total. The summed E-state index contributed by atoms with van der Waals surface area (Å²) in [4.78, 5) is 13.5. The first-order valence-electron chi connectivity index (χ1n) is 2.16. The third kappa shape index (κ3) is 0.987. The molecule has 0 spiro atoms. The molecule has 0 aromatic carbocycles. The van der Waals surface area contributed by atoms with E-state index >= 15 is 0 Å². The highest BCUT2D eigenvalue weighted by Gasteiger charge is 1.91. The van der Waals surface area contributed by atoms with Crippen LogP contribution in [0, 0.1) is 6.07 Å². The number of rotatable bonds is 0. The minimum atomic E-state index is -0.800. The van der Waals surface area contributed by atoms with Crippen LogP contribution in [0.15, 0.2) is 11.0 Å². The Balaban J connectivity index is 3.34. The Bertz CT molecular complexity index is 267. The molecule has 0 bridgehead atoms. The van der Waals surface area contributed by atoms with Gasteiger partial charge in [0.05, 0.1) is 6.20 Å². The summed E-state index contributed by atoms with van der Waals surface area (Å²) in [6.45, 7) is 0. The Morgan fingerprint density at radius 1 is 1.89 bits per heavy atom. The minimum Gasteiger partial charge on any atom is -0.424 e. The lowest BCUT2D eigenvalue weighted by molar-refractivity contribution is 0.170. The fourth-order valence-electron chi connectivity index (χ4n) is 0.369. The number of nitrogen functional groups attached to an aromatic ring is 1. The Kier molecular flexibility index (Phi) is 1.11. The standard InChI is InChI=1S/C4H4N3O2/c5-3-1-2-7(9)4(8)6-3/h2,9H,(H2,5,6,8). The van der Waals surface area contributed by atoms with Crippen LogP contribution in [0.5, 0.6) is 0 Å². The molecular formula is C4H4N3O2. The van der Waals surface area contributed by atoms with Crippen LogP contribution in [0.2, 0.25) is 0 Å². The zero-order valence-electron chi connectivity index (χ0n) is 4.40. The van der Waals surface area contributed by atoms with Gasteiger partial charge in [-0.1, -0.05) is 0 Å². The lowest BCUT2D eigenvalue weighted by Crippen LogP contribution is -2.20. The van der Waals surface area contributed by atoms with Gasteiger partial charge in [-0.05, 0) is 0 Å². The zero-order valence-corrected chi connectivity index (χ0v) is 4.40. The van der Waals surface area contributed by atoms with Gasteiger partial charge in [-0.2, -0.15) is 4.98 Å². The SMILES string of the molecule is Nc1[c]cn(O)c(=O)n1. The van der Waals surface area contributed by atoms with E-state index in [2.05, 4.69) is 11.1 Å². The van der Waals surface area contributed by atoms with Crippen molar-refractivity contribution in [2.45, 2.75) is 0 Å². The number of hydrogen-bond acceptors (Lipinski definition) is 4. The average Bonchev–Trinajstić information content (AvgIpc) is 1.80. The number of hydrogen-bond donors (Lipinski definition) is 2. The van der Waals surface area contributed by atoms with Gasteiger partial charge in [0.15, 0.2) is 0 Å². The van der Waals surface area contributed by atoms with Gasteiger partial charge < -0.3 is 10.9 Å². The van der Waals surface area contributed by atoms with Crippen molar-refractivity contribution in [2.24, 2.45) is 0 Å². The molecular weight excluding hydrogens is 122 g/mol. The van der Waals surface area contributed by atoms with E-state index in [4.69, 9.17) is 10.9 Å². The smallest absolute Gasteiger partial charge is 0.382 e. The molecule has 1 radical (unpaired) electrons. The largest absolute Gasteiger partial charge is 0.424 e. The summed E-state index contributed by atoms with van der Waals surface area (Å²) in [6, 6.07) is 2.32. The van der Waals surface area contributed by atoms with Crippen molar-refractivity contribution in [1.82, 2.24) is 9.71 Å². The fourth-order valence-corrected chi connectivity index (χ4v) is 0.369. The van der Waals surface area contributed by atoms with Crippen molar-refractivity contribution in [3.8, 4) is 0 Å². The highest BCUT2D eigenvalue weighted by molar-refractivity contribution is 5.21. The van der Waals surface area contributed by atoms with Gasteiger partial charge in [0.2, 0.25) is 0 Å². The monoisotopic (exact) mass is 126 g/mol. The van der Waals surface area contributed by atoms with Crippen LogP contribution in [-0.2, 0) is 0 Å². The molecule has 1 aromatic heterocycles. The summed E-state index contributed by atoms with van der Waals surface area (Å²) in [6.07, 6.45) is 1.00. The van der Waals surface area contributed by atoms with Crippen LogP contribution in [0.3, 0.4) is 0 Å². The number of anilines is 1. The van der Waals surface area contributed by atoms with Gasteiger partial charge >= 0.3 is 5.69 Å². The van der Waals surface area contributed by atoms with Crippen molar-refractivity contribution in [2.75, 3.05) is 5.73 Å². The molecule has 1 rings (SSSR count). The molecule has 0 fully saturated rings. The molecule has 0 saturated carbocycles. The number of aromatic nitrogens is 2. The summed E-state index contributed by atoms with van der Waals surface area (Å²) < 4.78 is 0.302. The highest BCUT2D eigenvalue weighted by Crippen LogP contribution is 1.83. The molecule has 5 heteroatoms. The molecule has 47 valence electrons. The molecule has 1 aromatic rings. The van der Waals surface area contributed by atoms with E-state index in [1.54, 1.807) is 0 Å². The van der Waals surface area contributed by atoms with Crippen LogP contribution in [-0.4, -0.2) is 14.9 Å². The predicted molar refractivity (Wildman–Crippen MR) is 28.9 cm³/mol. The average molecular weight is 126 g/mol. The topological polar surface area (TPSA) is 81.1 Å². The van der Waals surface area contributed by atoms with Gasteiger partial charge in [0.1, 0.15) is 5.82 Å². The van der Waals surface area contributed by atoms with E-state index in [0.29, 0.717) is 4.73 Å². The zero-order chi connectivity index (χ0) is 6.85. The molecule has 9 heavy (non-hydrogen) atoms. The van der Waals surface area contributed by atoms with Crippen LogP contribution < -0.4 is 11.4 Å². The third-order valence-electron chi connectivity index (χ3n) is 0.747. The van der Waals surface area contributed by atoms with Crippen LogP contribution in [0.4, 0.5) is 5.82 Å². The summed E-state index contributed by atoms with van der Waals surface area (Å²) in [5, 5.41) is 8.50. The lowest BCUT2D eigenvalue weighted by atomic mass is 10.6. The molecule has 0 saturated heterocycles. The Morgan fingerprint density at radius 3 is 3.00 bits per heavy atom. The molecule has 0 unspecified atom stereocenters. The second kappa shape index (κ2) is 1.77. The molecule has 3 N–H and O–H groups in total. The first-order valence-corrected chi connectivity index (χ1v) is 2.16. The van der Waals surface area contributed by atoms with E-state index in [9.17, 15) is 4.79 Å². The normalized spacial score (nSPS) is 9.33. The van der Waals surface area contributed by atoms with Gasteiger partial charge in [0.25, 0.3) is 0 Å². The molecule has 0 aliphatic heterocycles. The first kappa shape index (κ1) is 5.61. The molecule has 0 amide bonds. The summed E-state index contributed by atoms with van der Waals surface area (Å²) >= 11 is 0. The van der Waals surface area contributed by atoms with Gasteiger partial charge in [-0.25, -0.2) is 4.79 Å². The maximum Gasteiger partial charge on any atom is 0.382 e. The quantitative estimate of drug-likeness (QED) is 0.430. The van der Waals surface area contributed by atoms with Gasteiger partial charge in [0, 0.05) is 6.07 Å². The summed E-state index contributed by atoms with van der Waals surface area (Å²) in [5.41, 5.74) is 4.24. The molecule has 1 heterocycles. The van der Waals surface area contributed by atoms with Gasteiger partial charge in [-0.15, -0.1) is 4.73 Å². The number of nitrogens with zero attached hydrogens (tertiary/aromatic N) is 2. The van der Waals surface area contributed by atoms with Crippen molar-refractivity contribution in [3.05, 3.63) is 22.7 Å². The highest BCUT2D eigenvalue weighted by atomic mass is 16.5. The Morgan fingerprint density at radius 2 is 2.56 bits per heavy atom. The van der Waals surface area contributed by atoms with Crippen LogP contribution >= 0.6 is 0 Å². The lowest BCUT2D eigenvalue weighted by Gasteiger charge is -1.91. The van der Waals surface area contributed by atoms with Gasteiger partial charge in [-0.3, -0.25) is 0 Å². The second-order valence-corrected chi connectivity index (χ2v) is 1.40. The first-order chi connectivity index (χ1) is 4.20. The predicted octanol–water partition coefficient (Wildman–Crippen LogP) is -1.14. The van der Waals surface area contributed by atoms with Crippen molar-refractivity contribution >= 4 is 5.82 Å². The molecule has 0 aliphatic rings. The van der Waals surface area contributed by atoms with E-state index in [-0.39, 0.29) is 5.82 Å². The molecule has 0 atom stereocenters. The Hall–Kier alpha value is -1.52. The summed E-state index contributed by atoms with van der Waals surface area (Å²) in [5.74, 6) is -0.0229. The second-order valence-electron chi connectivity index (χ2n) is 1.40. The van der Waals surface area contributed by atoms with E-state index < -0.39 is 5.69 Å². The van der Waals surface area contributed by atoms with E-state index in [0.717, 1.165) is 6.20 Å². The maximum atomic E-state index is 10.3. The van der Waals surface area contributed by atoms with E-state index in [1.807, 2.05) is 0 Å². The third-order valence-corrected chi connectivity index (χ3v) is 0.747. The minimum absolute atomic E-state index is 0.0229. The van der Waals surface area contributed by atoms with Crippen molar-refractivity contribution in [1.29, 1.82) is 0 Å². The number of nitrogens with two attached hydrogens (primary N) is 1. The fraction of sp³-hybridized carbons (Fsp3) is 0. The van der Waals surface area contributed by atoms with Crippen molar-refractivity contribution < 1.29 is 5.21 Å². The molecule has 0 aliphatic carbocycles. The van der Waals surface area contributed by atoms with Crippen LogP contribution in [0.1, 0.15) is 0 Å².